The molecule has 0 bridgehead atoms. The van der Waals surface area contributed by atoms with Crippen molar-refractivity contribution < 1.29 is 28.6 Å². The SMILES string of the molecule is CCCC(NC(=O)COc1cc2c(c3oc(=O)c4c(c13)CCC4)CCC(C)(C)O2)C(=O)O. The number of carbonyl (C=O) groups excluding carboxylic acids is 1. The van der Waals surface area contributed by atoms with Gasteiger partial charge in [-0.05, 0) is 57.9 Å². The Morgan fingerprint density at radius 1 is 1.22 bits per heavy atom. The first-order chi connectivity index (χ1) is 15.2. The van der Waals surface area contributed by atoms with Gasteiger partial charge in [-0.1, -0.05) is 13.3 Å². The summed E-state index contributed by atoms with van der Waals surface area (Å²) in [6, 6.07) is 0.813. The minimum absolute atomic E-state index is 0.323. The van der Waals surface area contributed by atoms with E-state index in [9.17, 15) is 19.5 Å². The van der Waals surface area contributed by atoms with Gasteiger partial charge in [0.05, 0.1) is 5.39 Å². The molecule has 0 spiro atoms. The molecule has 8 nitrogen and oxygen atoms in total. The largest absolute Gasteiger partial charge is 0.487 e. The van der Waals surface area contributed by atoms with Crippen LogP contribution in [0.2, 0.25) is 0 Å². The van der Waals surface area contributed by atoms with Crippen molar-refractivity contribution in [1.82, 2.24) is 5.32 Å². The van der Waals surface area contributed by atoms with E-state index in [4.69, 9.17) is 13.9 Å². The van der Waals surface area contributed by atoms with Crippen LogP contribution in [-0.2, 0) is 28.9 Å². The number of aryl methyl sites for hydroxylation is 2. The van der Waals surface area contributed by atoms with Gasteiger partial charge in [-0.2, -0.15) is 0 Å². The minimum atomic E-state index is -1.07. The molecule has 1 aliphatic heterocycles. The van der Waals surface area contributed by atoms with Crippen molar-refractivity contribution in [3.63, 3.8) is 0 Å². The third-order valence-electron chi connectivity index (χ3n) is 6.20. The number of carboxylic acid groups (broad SMARTS) is 1. The number of nitrogens with one attached hydrogen (secondary N) is 1. The minimum Gasteiger partial charge on any atom is -0.487 e. The lowest BCUT2D eigenvalue weighted by Gasteiger charge is -2.33. The standard InChI is InChI=1S/C24H29NO7/c1-4-6-16(22(27)28)25-19(26)12-30-18-11-17-15(9-10-24(2,3)32-17)21-20(18)13-7-5-8-14(13)23(29)31-21/h11,16H,4-10,12H2,1-3H3,(H,25,26)(H,27,28). The number of fused-ring (bicyclic) bond motifs is 5. The average molecular weight is 443 g/mol. The monoisotopic (exact) mass is 443 g/mol. The molecule has 8 heteroatoms. The molecule has 1 aromatic heterocycles. The number of aliphatic carboxylic acids is 1. The lowest BCUT2D eigenvalue weighted by molar-refractivity contribution is -0.142. The van der Waals surface area contributed by atoms with Gasteiger partial charge in [0.25, 0.3) is 5.91 Å². The summed E-state index contributed by atoms with van der Waals surface area (Å²) >= 11 is 0. The molecule has 0 saturated carbocycles. The third kappa shape index (κ3) is 4.18. The van der Waals surface area contributed by atoms with Gasteiger partial charge < -0.3 is 24.3 Å². The number of rotatable bonds is 7. The molecule has 1 atom stereocenters. The Morgan fingerprint density at radius 3 is 2.69 bits per heavy atom. The second-order valence-corrected chi connectivity index (χ2v) is 9.15. The molecule has 0 radical (unpaired) electrons. The first-order valence-corrected chi connectivity index (χ1v) is 11.2. The summed E-state index contributed by atoms with van der Waals surface area (Å²) in [6.07, 6.45) is 4.71. The van der Waals surface area contributed by atoms with E-state index in [0.717, 1.165) is 35.8 Å². The zero-order chi connectivity index (χ0) is 23.0. The zero-order valence-corrected chi connectivity index (χ0v) is 18.7. The Labute approximate surface area is 185 Å². The van der Waals surface area contributed by atoms with Crippen LogP contribution in [-0.4, -0.2) is 35.2 Å². The molecule has 1 aromatic carbocycles. The molecule has 32 heavy (non-hydrogen) atoms. The first-order valence-electron chi connectivity index (χ1n) is 11.2. The predicted molar refractivity (Wildman–Crippen MR) is 118 cm³/mol. The lowest BCUT2D eigenvalue weighted by Crippen LogP contribution is -2.42. The second-order valence-electron chi connectivity index (χ2n) is 9.15. The normalized spacial score (nSPS) is 17.2. The molecule has 2 N–H and O–H groups in total. The molecule has 0 saturated heterocycles. The Morgan fingerprint density at radius 2 is 1.97 bits per heavy atom. The lowest BCUT2D eigenvalue weighted by atomic mass is 9.91. The van der Waals surface area contributed by atoms with E-state index in [1.807, 2.05) is 20.8 Å². The Hall–Kier alpha value is -3.03. The predicted octanol–water partition coefficient (Wildman–Crippen LogP) is 3.13. The maximum atomic E-state index is 12.6. The highest BCUT2D eigenvalue weighted by Gasteiger charge is 2.32. The number of carboxylic acids is 1. The van der Waals surface area contributed by atoms with Crippen molar-refractivity contribution in [2.75, 3.05) is 6.61 Å². The maximum absolute atomic E-state index is 12.6. The van der Waals surface area contributed by atoms with Crippen LogP contribution in [0.5, 0.6) is 11.5 Å². The van der Waals surface area contributed by atoms with Gasteiger partial charge in [-0.25, -0.2) is 9.59 Å². The maximum Gasteiger partial charge on any atom is 0.339 e. The molecular formula is C24H29NO7. The number of benzene rings is 1. The Balaban J connectivity index is 1.71. The fourth-order valence-corrected chi connectivity index (χ4v) is 4.59. The highest BCUT2D eigenvalue weighted by molar-refractivity contribution is 5.93. The van der Waals surface area contributed by atoms with E-state index in [1.165, 1.54) is 0 Å². The average Bonchev–Trinajstić information content (AvgIpc) is 3.21. The van der Waals surface area contributed by atoms with E-state index in [2.05, 4.69) is 5.32 Å². The van der Waals surface area contributed by atoms with Crippen molar-refractivity contribution in [1.29, 1.82) is 0 Å². The molecular weight excluding hydrogens is 414 g/mol. The van der Waals surface area contributed by atoms with E-state index < -0.39 is 17.9 Å². The number of carbonyl (C=O) groups is 2. The number of hydrogen-bond donors (Lipinski definition) is 2. The van der Waals surface area contributed by atoms with Gasteiger partial charge in [0.2, 0.25) is 0 Å². The van der Waals surface area contributed by atoms with Gasteiger partial charge in [0.15, 0.2) is 6.61 Å². The highest BCUT2D eigenvalue weighted by Crippen LogP contribution is 2.44. The van der Waals surface area contributed by atoms with Crippen molar-refractivity contribution in [3.05, 3.63) is 33.2 Å². The summed E-state index contributed by atoms with van der Waals surface area (Å²) < 4.78 is 17.8. The molecule has 1 aliphatic carbocycles. The fourth-order valence-electron chi connectivity index (χ4n) is 4.59. The van der Waals surface area contributed by atoms with Gasteiger partial charge in [-0.15, -0.1) is 0 Å². The van der Waals surface area contributed by atoms with E-state index in [-0.39, 0.29) is 17.8 Å². The molecule has 0 fully saturated rings. The van der Waals surface area contributed by atoms with Crippen LogP contribution in [0, 0.1) is 0 Å². The molecule has 2 aliphatic rings. The first kappa shape index (κ1) is 22.2. The van der Waals surface area contributed by atoms with E-state index in [1.54, 1.807) is 6.07 Å². The van der Waals surface area contributed by atoms with Crippen molar-refractivity contribution in [2.45, 2.75) is 77.4 Å². The fraction of sp³-hybridized carbons (Fsp3) is 0.542. The van der Waals surface area contributed by atoms with Crippen LogP contribution >= 0.6 is 0 Å². The van der Waals surface area contributed by atoms with Gasteiger partial charge in [0, 0.05) is 17.2 Å². The molecule has 172 valence electrons. The van der Waals surface area contributed by atoms with Crippen LogP contribution in [0.25, 0.3) is 11.0 Å². The van der Waals surface area contributed by atoms with Gasteiger partial charge >= 0.3 is 11.6 Å². The molecule has 2 heterocycles. The summed E-state index contributed by atoms with van der Waals surface area (Å²) in [6.45, 7) is 5.49. The molecule has 2 aromatic rings. The van der Waals surface area contributed by atoms with Crippen LogP contribution in [0.3, 0.4) is 0 Å². The van der Waals surface area contributed by atoms with Gasteiger partial charge in [-0.3, -0.25) is 4.79 Å². The molecule has 4 rings (SSSR count). The van der Waals surface area contributed by atoms with Crippen LogP contribution in [0.4, 0.5) is 0 Å². The second kappa shape index (κ2) is 8.48. The summed E-state index contributed by atoms with van der Waals surface area (Å²) in [4.78, 5) is 36.4. The Bertz CT molecular complexity index is 1130. The molecule has 1 unspecified atom stereocenters. The van der Waals surface area contributed by atoms with Crippen LogP contribution < -0.4 is 20.4 Å². The van der Waals surface area contributed by atoms with E-state index >= 15 is 0 Å². The number of amides is 1. The third-order valence-corrected chi connectivity index (χ3v) is 6.20. The van der Waals surface area contributed by atoms with Gasteiger partial charge in [0.1, 0.15) is 28.7 Å². The van der Waals surface area contributed by atoms with Crippen LogP contribution in [0.15, 0.2) is 15.3 Å². The summed E-state index contributed by atoms with van der Waals surface area (Å²) in [5.41, 5.74) is 2.19. The van der Waals surface area contributed by atoms with Crippen molar-refractivity contribution in [3.8, 4) is 11.5 Å². The van der Waals surface area contributed by atoms with Crippen LogP contribution in [0.1, 0.15) is 63.1 Å². The smallest absolute Gasteiger partial charge is 0.339 e. The van der Waals surface area contributed by atoms with Crippen molar-refractivity contribution >= 4 is 22.8 Å². The quantitative estimate of drug-likeness (QED) is 0.632. The summed E-state index contributed by atoms with van der Waals surface area (Å²) in [5.74, 6) is -0.600. The summed E-state index contributed by atoms with van der Waals surface area (Å²) in [7, 11) is 0. The number of ether oxygens (including phenoxy) is 2. The van der Waals surface area contributed by atoms with E-state index in [0.29, 0.717) is 48.3 Å². The number of hydrogen-bond acceptors (Lipinski definition) is 6. The highest BCUT2D eigenvalue weighted by atomic mass is 16.5. The molecule has 1 amide bonds. The Kier molecular flexibility index (Phi) is 5.88. The summed E-state index contributed by atoms with van der Waals surface area (Å²) in [5, 5.41) is 12.5. The zero-order valence-electron chi connectivity index (χ0n) is 18.7. The van der Waals surface area contributed by atoms with Crippen molar-refractivity contribution in [2.24, 2.45) is 0 Å². The topological polar surface area (TPSA) is 115 Å².